The van der Waals surface area contributed by atoms with Gasteiger partial charge in [-0.2, -0.15) is 0 Å². The lowest BCUT2D eigenvalue weighted by molar-refractivity contribution is 0.102. The molecule has 0 bridgehead atoms. The maximum Gasteiger partial charge on any atom is 0.407 e. The van der Waals surface area contributed by atoms with Crippen molar-refractivity contribution < 1.29 is 14.3 Å². The number of nitrogens with two attached hydrogens (primary N) is 1. The molecule has 7 heteroatoms. The molecule has 1 unspecified atom stereocenters. The Kier molecular flexibility index (Phi) is 5.86. The average molecular weight is 376 g/mol. The van der Waals surface area contributed by atoms with Crippen LogP contribution in [0.5, 0.6) is 0 Å². The first-order chi connectivity index (χ1) is 13.6. The van der Waals surface area contributed by atoms with E-state index in [1.54, 1.807) is 67.0 Å². The number of nitrogens with one attached hydrogen (secondary N) is 2. The second-order valence-electron chi connectivity index (χ2n) is 6.02. The van der Waals surface area contributed by atoms with Gasteiger partial charge in [-0.3, -0.25) is 9.78 Å². The number of amides is 2. The van der Waals surface area contributed by atoms with E-state index in [2.05, 4.69) is 15.6 Å². The number of aromatic nitrogens is 1. The predicted octanol–water partition coefficient (Wildman–Crippen LogP) is 3.36. The van der Waals surface area contributed by atoms with Crippen molar-refractivity contribution in [2.24, 2.45) is 0 Å². The van der Waals surface area contributed by atoms with E-state index in [9.17, 15) is 9.59 Å². The van der Waals surface area contributed by atoms with E-state index in [4.69, 9.17) is 10.5 Å². The standard InChI is InChI=1S/C21H20N4O3/c1-28-21(27)25-19(16-5-4-12-23-13-16)14-8-10-15(11-9-14)20(26)24-18-7-3-2-6-17(18)22/h2-13,19H,22H2,1H3,(H,24,26)(H,25,27). The van der Waals surface area contributed by atoms with Gasteiger partial charge in [-0.15, -0.1) is 0 Å². The first-order valence-corrected chi connectivity index (χ1v) is 8.58. The summed E-state index contributed by atoms with van der Waals surface area (Å²) < 4.78 is 4.72. The summed E-state index contributed by atoms with van der Waals surface area (Å²) in [7, 11) is 1.30. The van der Waals surface area contributed by atoms with E-state index in [0.717, 1.165) is 11.1 Å². The van der Waals surface area contributed by atoms with Gasteiger partial charge < -0.3 is 21.1 Å². The summed E-state index contributed by atoms with van der Waals surface area (Å²) in [6.45, 7) is 0. The fourth-order valence-corrected chi connectivity index (χ4v) is 2.71. The third kappa shape index (κ3) is 4.45. The number of para-hydroxylation sites is 2. The molecule has 0 saturated heterocycles. The van der Waals surface area contributed by atoms with E-state index in [-0.39, 0.29) is 5.91 Å². The van der Waals surface area contributed by atoms with Crippen LogP contribution >= 0.6 is 0 Å². The third-order valence-electron chi connectivity index (χ3n) is 4.18. The normalized spacial score (nSPS) is 11.3. The zero-order valence-electron chi connectivity index (χ0n) is 15.3. The van der Waals surface area contributed by atoms with Crippen LogP contribution in [0.2, 0.25) is 0 Å². The number of benzene rings is 2. The quantitative estimate of drug-likeness (QED) is 0.592. The SMILES string of the molecule is COC(=O)NC(c1ccc(C(=O)Nc2ccccc2N)cc1)c1cccnc1. The van der Waals surface area contributed by atoms with E-state index in [1.165, 1.54) is 7.11 Å². The lowest BCUT2D eigenvalue weighted by Crippen LogP contribution is -2.29. The zero-order valence-corrected chi connectivity index (χ0v) is 15.3. The van der Waals surface area contributed by atoms with Gasteiger partial charge in [-0.25, -0.2) is 4.79 Å². The molecular formula is C21H20N4O3. The maximum absolute atomic E-state index is 12.5. The van der Waals surface area contributed by atoms with Crippen LogP contribution in [0.15, 0.2) is 73.1 Å². The van der Waals surface area contributed by atoms with Crippen molar-refractivity contribution >= 4 is 23.4 Å². The van der Waals surface area contributed by atoms with Gasteiger partial charge in [0.1, 0.15) is 0 Å². The van der Waals surface area contributed by atoms with Gasteiger partial charge in [0.25, 0.3) is 5.91 Å². The molecule has 1 heterocycles. The first-order valence-electron chi connectivity index (χ1n) is 8.58. The number of nitrogens with zero attached hydrogens (tertiary/aromatic N) is 1. The fraction of sp³-hybridized carbons (Fsp3) is 0.0952. The number of alkyl carbamates (subject to hydrolysis) is 1. The molecule has 28 heavy (non-hydrogen) atoms. The van der Waals surface area contributed by atoms with Crippen molar-refractivity contribution in [3.63, 3.8) is 0 Å². The molecule has 3 aromatic rings. The van der Waals surface area contributed by atoms with Crippen molar-refractivity contribution in [2.75, 3.05) is 18.2 Å². The second-order valence-corrected chi connectivity index (χ2v) is 6.02. The zero-order chi connectivity index (χ0) is 19.9. The molecule has 0 saturated carbocycles. The number of carbonyl (C=O) groups is 2. The summed E-state index contributed by atoms with van der Waals surface area (Å²) in [6.07, 6.45) is 2.76. The van der Waals surface area contributed by atoms with Crippen LogP contribution in [-0.4, -0.2) is 24.1 Å². The first kappa shape index (κ1) is 18.9. The Balaban J connectivity index is 1.81. The summed E-state index contributed by atoms with van der Waals surface area (Å²) in [5, 5.41) is 5.56. The van der Waals surface area contributed by atoms with Gasteiger partial charge in [-0.1, -0.05) is 30.3 Å². The molecule has 0 aliphatic heterocycles. The van der Waals surface area contributed by atoms with Crippen LogP contribution in [0.4, 0.5) is 16.2 Å². The van der Waals surface area contributed by atoms with Gasteiger partial charge >= 0.3 is 6.09 Å². The van der Waals surface area contributed by atoms with Crippen LogP contribution in [-0.2, 0) is 4.74 Å². The summed E-state index contributed by atoms with van der Waals surface area (Å²) in [6, 6.07) is 17.2. The van der Waals surface area contributed by atoms with Crippen molar-refractivity contribution in [1.82, 2.24) is 10.3 Å². The molecule has 3 rings (SSSR count). The number of methoxy groups -OCH3 is 1. The number of carbonyl (C=O) groups excluding carboxylic acids is 2. The number of hydrogen-bond donors (Lipinski definition) is 3. The van der Waals surface area contributed by atoms with Crippen LogP contribution in [0.1, 0.15) is 27.5 Å². The van der Waals surface area contributed by atoms with Gasteiger partial charge in [0.05, 0.1) is 24.5 Å². The molecule has 2 aromatic carbocycles. The number of anilines is 2. The molecule has 0 spiro atoms. The van der Waals surface area contributed by atoms with Crippen molar-refractivity contribution in [3.8, 4) is 0 Å². The second kappa shape index (κ2) is 8.68. The van der Waals surface area contributed by atoms with E-state index in [1.807, 2.05) is 6.07 Å². The number of hydrogen-bond acceptors (Lipinski definition) is 5. The van der Waals surface area contributed by atoms with Crippen LogP contribution in [0.25, 0.3) is 0 Å². The summed E-state index contributed by atoms with van der Waals surface area (Å²) in [4.78, 5) is 28.3. The summed E-state index contributed by atoms with van der Waals surface area (Å²) in [5.41, 5.74) is 8.95. The Bertz CT molecular complexity index is 959. The largest absolute Gasteiger partial charge is 0.453 e. The molecule has 7 nitrogen and oxygen atoms in total. The molecule has 0 aliphatic rings. The molecule has 4 N–H and O–H groups in total. The molecule has 0 fully saturated rings. The molecule has 1 aromatic heterocycles. The van der Waals surface area contributed by atoms with Crippen LogP contribution in [0, 0.1) is 0 Å². The molecule has 0 radical (unpaired) electrons. The molecular weight excluding hydrogens is 356 g/mol. The highest BCUT2D eigenvalue weighted by molar-refractivity contribution is 6.05. The van der Waals surface area contributed by atoms with E-state index < -0.39 is 12.1 Å². The lowest BCUT2D eigenvalue weighted by Gasteiger charge is -2.19. The van der Waals surface area contributed by atoms with E-state index >= 15 is 0 Å². The minimum absolute atomic E-state index is 0.275. The Hall–Kier alpha value is -3.87. The highest BCUT2D eigenvalue weighted by Crippen LogP contribution is 2.23. The smallest absolute Gasteiger partial charge is 0.407 e. The lowest BCUT2D eigenvalue weighted by atomic mass is 9.99. The number of nitrogen functional groups attached to an aromatic ring is 1. The highest BCUT2D eigenvalue weighted by Gasteiger charge is 2.18. The van der Waals surface area contributed by atoms with Crippen molar-refractivity contribution in [1.29, 1.82) is 0 Å². The van der Waals surface area contributed by atoms with Crippen LogP contribution < -0.4 is 16.4 Å². The molecule has 1 atom stereocenters. The highest BCUT2D eigenvalue weighted by atomic mass is 16.5. The van der Waals surface area contributed by atoms with Crippen molar-refractivity contribution in [2.45, 2.75) is 6.04 Å². The Morgan fingerprint density at radius 2 is 1.75 bits per heavy atom. The number of rotatable bonds is 5. The number of pyridine rings is 1. The predicted molar refractivity (Wildman–Crippen MR) is 107 cm³/mol. The van der Waals surface area contributed by atoms with E-state index in [0.29, 0.717) is 16.9 Å². The third-order valence-corrected chi connectivity index (χ3v) is 4.18. The van der Waals surface area contributed by atoms with Gasteiger partial charge in [0.2, 0.25) is 0 Å². The molecule has 142 valence electrons. The topological polar surface area (TPSA) is 106 Å². The van der Waals surface area contributed by atoms with Crippen LogP contribution in [0.3, 0.4) is 0 Å². The number of ether oxygens (including phenoxy) is 1. The summed E-state index contributed by atoms with van der Waals surface area (Å²) in [5.74, 6) is -0.275. The monoisotopic (exact) mass is 376 g/mol. The Morgan fingerprint density at radius 1 is 1.00 bits per heavy atom. The average Bonchev–Trinajstić information content (AvgIpc) is 2.74. The molecule has 2 amide bonds. The molecule has 0 aliphatic carbocycles. The van der Waals surface area contributed by atoms with Gasteiger partial charge in [-0.05, 0) is 41.5 Å². The Morgan fingerprint density at radius 3 is 2.39 bits per heavy atom. The van der Waals surface area contributed by atoms with Gasteiger partial charge in [0.15, 0.2) is 0 Å². The maximum atomic E-state index is 12.5. The summed E-state index contributed by atoms with van der Waals surface area (Å²) >= 11 is 0. The van der Waals surface area contributed by atoms with Crippen molar-refractivity contribution in [3.05, 3.63) is 89.7 Å². The minimum Gasteiger partial charge on any atom is -0.453 e. The fourth-order valence-electron chi connectivity index (χ4n) is 2.71. The van der Waals surface area contributed by atoms with Gasteiger partial charge in [0, 0.05) is 18.0 Å². The minimum atomic E-state index is -0.560. The Labute approximate surface area is 162 Å².